The molecular weight excluding hydrogens is 274 g/mol. The number of benzene rings is 1. The van der Waals surface area contributed by atoms with Gasteiger partial charge in [0.05, 0.1) is 0 Å². The van der Waals surface area contributed by atoms with Crippen molar-refractivity contribution in [1.29, 1.82) is 0 Å². The van der Waals surface area contributed by atoms with E-state index in [-0.39, 0.29) is 0 Å². The summed E-state index contributed by atoms with van der Waals surface area (Å²) in [6.07, 6.45) is 7.39. The van der Waals surface area contributed by atoms with Gasteiger partial charge >= 0.3 is 0 Å². The maximum atomic E-state index is 3.76. The molecule has 0 aromatic heterocycles. The molecule has 1 N–H and O–H groups in total. The molecule has 0 radical (unpaired) electrons. The predicted molar refractivity (Wildman–Crippen MR) is 74.8 cm³/mol. The van der Waals surface area contributed by atoms with Crippen LogP contribution in [0.5, 0.6) is 0 Å². The molecule has 2 aliphatic rings. The first-order chi connectivity index (χ1) is 8.24. The van der Waals surface area contributed by atoms with E-state index < -0.39 is 0 Å². The Morgan fingerprint density at radius 3 is 3.06 bits per heavy atom. The van der Waals surface area contributed by atoms with Crippen LogP contribution >= 0.6 is 15.9 Å². The van der Waals surface area contributed by atoms with Crippen molar-refractivity contribution in [3.05, 3.63) is 46.5 Å². The van der Waals surface area contributed by atoms with Crippen molar-refractivity contribution in [3.8, 4) is 0 Å². The van der Waals surface area contributed by atoms with Crippen LogP contribution in [0.3, 0.4) is 0 Å². The van der Waals surface area contributed by atoms with Crippen LogP contribution in [0.2, 0.25) is 0 Å². The largest absolute Gasteiger partial charge is 0.307 e. The first-order valence-corrected chi connectivity index (χ1v) is 7.21. The zero-order valence-electron chi connectivity index (χ0n) is 10.1. The summed E-state index contributed by atoms with van der Waals surface area (Å²) in [5.41, 5.74) is 1.37. The van der Waals surface area contributed by atoms with E-state index in [4.69, 9.17) is 0 Å². The van der Waals surface area contributed by atoms with Crippen molar-refractivity contribution in [2.24, 2.45) is 11.8 Å². The van der Waals surface area contributed by atoms with Crippen LogP contribution in [0, 0.1) is 11.8 Å². The van der Waals surface area contributed by atoms with Crippen LogP contribution in [-0.4, -0.2) is 6.04 Å². The Balaban J connectivity index is 1.64. The Hall–Kier alpha value is -0.600. The summed E-state index contributed by atoms with van der Waals surface area (Å²) >= 11 is 3.53. The molecular formula is C15H18BrN. The second kappa shape index (κ2) is 4.58. The second-order valence-corrected chi connectivity index (χ2v) is 6.20. The zero-order chi connectivity index (χ0) is 11.8. The lowest BCUT2D eigenvalue weighted by molar-refractivity contribution is 0.152. The van der Waals surface area contributed by atoms with Gasteiger partial charge in [0.2, 0.25) is 0 Å². The van der Waals surface area contributed by atoms with Crippen molar-refractivity contribution in [2.75, 3.05) is 0 Å². The van der Waals surface area contributed by atoms with E-state index in [1.807, 2.05) is 0 Å². The summed E-state index contributed by atoms with van der Waals surface area (Å²) in [5.74, 6) is 1.73. The first-order valence-electron chi connectivity index (χ1n) is 6.42. The minimum Gasteiger partial charge on any atom is -0.307 e. The summed E-state index contributed by atoms with van der Waals surface area (Å²) in [6.45, 7) is 2.26. The highest BCUT2D eigenvalue weighted by Crippen LogP contribution is 2.43. The fourth-order valence-corrected chi connectivity index (χ4v) is 3.52. The summed E-state index contributed by atoms with van der Waals surface area (Å²) in [4.78, 5) is 0. The fraction of sp³-hybridized carbons (Fsp3) is 0.467. The topological polar surface area (TPSA) is 12.0 Å². The Morgan fingerprint density at radius 1 is 1.41 bits per heavy atom. The van der Waals surface area contributed by atoms with Gasteiger partial charge in [0, 0.05) is 16.6 Å². The van der Waals surface area contributed by atoms with Crippen LogP contribution in [0.1, 0.15) is 31.4 Å². The normalized spacial score (nSPS) is 32.0. The van der Waals surface area contributed by atoms with Gasteiger partial charge in [0.25, 0.3) is 0 Å². The fourth-order valence-electron chi connectivity index (χ4n) is 3.10. The van der Waals surface area contributed by atoms with Gasteiger partial charge in [-0.15, -0.1) is 0 Å². The van der Waals surface area contributed by atoms with Gasteiger partial charge in [-0.25, -0.2) is 0 Å². The SMILES string of the molecule is C[C@H](NC1CC2CC=CC21)c1cccc(Br)c1. The Bertz CT molecular complexity index is 440. The number of fused-ring (bicyclic) bond motifs is 1. The molecule has 1 fully saturated rings. The molecule has 0 saturated heterocycles. The molecule has 1 saturated carbocycles. The molecule has 17 heavy (non-hydrogen) atoms. The van der Waals surface area contributed by atoms with E-state index in [0.29, 0.717) is 12.1 Å². The van der Waals surface area contributed by atoms with E-state index in [9.17, 15) is 0 Å². The van der Waals surface area contributed by atoms with Gasteiger partial charge in [-0.05, 0) is 49.3 Å². The zero-order valence-corrected chi connectivity index (χ0v) is 11.7. The molecule has 4 atom stereocenters. The van der Waals surface area contributed by atoms with Crippen LogP contribution in [0.15, 0.2) is 40.9 Å². The Morgan fingerprint density at radius 2 is 2.29 bits per heavy atom. The van der Waals surface area contributed by atoms with Crippen LogP contribution in [0.25, 0.3) is 0 Å². The summed E-state index contributed by atoms with van der Waals surface area (Å²) in [6, 6.07) is 9.72. The lowest BCUT2D eigenvalue weighted by Gasteiger charge is -2.42. The average molecular weight is 292 g/mol. The van der Waals surface area contributed by atoms with Crippen LogP contribution < -0.4 is 5.32 Å². The third-order valence-electron chi connectivity index (χ3n) is 4.18. The number of hydrogen-bond donors (Lipinski definition) is 1. The van der Waals surface area contributed by atoms with E-state index in [1.54, 1.807) is 0 Å². The van der Waals surface area contributed by atoms with Crippen LogP contribution in [0.4, 0.5) is 0 Å². The highest BCUT2D eigenvalue weighted by molar-refractivity contribution is 9.10. The minimum absolute atomic E-state index is 0.437. The second-order valence-electron chi connectivity index (χ2n) is 5.29. The molecule has 1 aromatic rings. The van der Waals surface area contributed by atoms with E-state index in [1.165, 1.54) is 18.4 Å². The van der Waals surface area contributed by atoms with Gasteiger partial charge in [-0.1, -0.05) is 40.2 Å². The van der Waals surface area contributed by atoms with Crippen molar-refractivity contribution in [3.63, 3.8) is 0 Å². The molecule has 3 rings (SSSR count). The lowest BCUT2D eigenvalue weighted by Crippen LogP contribution is -2.48. The molecule has 3 unspecified atom stereocenters. The van der Waals surface area contributed by atoms with Crippen molar-refractivity contribution < 1.29 is 0 Å². The van der Waals surface area contributed by atoms with Crippen LogP contribution in [-0.2, 0) is 0 Å². The molecule has 0 heterocycles. The average Bonchev–Trinajstić information content (AvgIpc) is 2.67. The number of allylic oxidation sites excluding steroid dienone is 1. The lowest BCUT2D eigenvalue weighted by atomic mass is 9.71. The third kappa shape index (κ3) is 2.21. The van der Waals surface area contributed by atoms with Crippen molar-refractivity contribution in [1.82, 2.24) is 5.32 Å². The van der Waals surface area contributed by atoms with Gasteiger partial charge in [0.1, 0.15) is 0 Å². The Labute approximate surface area is 111 Å². The third-order valence-corrected chi connectivity index (χ3v) is 4.67. The molecule has 0 aliphatic heterocycles. The molecule has 2 heteroatoms. The smallest absolute Gasteiger partial charge is 0.0294 e. The number of halogens is 1. The molecule has 90 valence electrons. The van der Waals surface area contributed by atoms with Gasteiger partial charge < -0.3 is 5.32 Å². The number of rotatable bonds is 3. The molecule has 0 bridgehead atoms. The maximum absolute atomic E-state index is 3.76. The van der Waals surface area contributed by atoms with E-state index in [2.05, 4.69) is 64.6 Å². The Kier molecular flexibility index (Phi) is 3.10. The summed E-state index contributed by atoms with van der Waals surface area (Å²) in [5, 5.41) is 3.76. The number of hydrogen-bond acceptors (Lipinski definition) is 1. The van der Waals surface area contributed by atoms with Gasteiger partial charge in [0.15, 0.2) is 0 Å². The van der Waals surface area contributed by atoms with E-state index >= 15 is 0 Å². The molecule has 1 nitrogen and oxygen atoms in total. The minimum atomic E-state index is 0.437. The van der Waals surface area contributed by atoms with Crippen molar-refractivity contribution in [2.45, 2.75) is 31.8 Å². The highest BCUT2D eigenvalue weighted by Gasteiger charge is 2.41. The first kappa shape index (κ1) is 11.5. The highest BCUT2D eigenvalue weighted by atomic mass is 79.9. The quantitative estimate of drug-likeness (QED) is 0.828. The maximum Gasteiger partial charge on any atom is 0.0294 e. The van der Waals surface area contributed by atoms with Gasteiger partial charge in [-0.2, -0.15) is 0 Å². The summed E-state index contributed by atoms with van der Waals surface area (Å²) < 4.78 is 1.16. The molecule has 0 amide bonds. The van der Waals surface area contributed by atoms with Gasteiger partial charge in [-0.3, -0.25) is 0 Å². The molecule has 2 aliphatic carbocycles. The predicted octanol–water partition coefficient (Wildman–Crippen LogP) is 4.06. The van der Waals surface area contributed by atoms with Crippen molar-refractivity contribution >= 4 is 15.9 Å². The molecule has 1 aromatic carbocycles. The monoisotopic (exact) mass is 291 g/mol. The standard InChI is InChI=1S/C15H18BrN/c1-10(11-4-2-6-13(16)8-11)17-15-9-12-5-3-7-14(12)15/h2-4,6-8,10,12,14-15,17H,5,9H2,1H3/t10-,12?,14?,15?/m0/s1. The number of nitrogens with one attached hydrogen (secondary N) is 1. The molecule has 0 spiro atoms. The summed E-state index contributed by atoms with van der Waals surface area (Å²) in [7, 11) is 0. The van der Waals surface area contributed by atoms with E-state index in [0.717, 1.165) is 16.3 Å².